The van der Waals surface area contributed by atoms with Crippen LogP contribution in [0.1, 0.15) is 43.4 Å². The van der Waals surface area contributed by atoms with Crippen molar-refractivity contribution in [2.24, 2.45) is 0 Å². The molecule has 10 heteroatoms. The van der Waals surface area contributed by atoms with Crippen LogP contribution in [-0.2, 0) is 33.6 Å². The van der Waals surface area contributed by atoms with Crippen molar-refractivity contribution in [1.82, 2.24) is 23.4 Å². The van der Waals surface area contributed by atoms with Gasteiger partial charge in [-0.2, -0.15) is 0 Å². The van der Waals surface area contributed by atoms with Gasteiger partial charge in [-0.1, -0.05) is 18.7 Å². The third-order valence-corrected chi connectivity index (χ3v) is 8.97. The second-order valence-electron chi connectivity index (χ2n) is 8.72. The van der Waals surface area contributed by atoms with Gasteiger partial charge in [0.25, 0.3) is 0 Å². The fourth-order valence-corrected chi connectivity index (χ4v) is 6.15. The van der Waals surface area contributed by atoms with Crippen molar-refractivity contribution in [3.8, 4) is 0 Å². The molecule has 0 bridgehead atoms. The molecule has 1 saturated heterocycles. The lowest BCUT2D eigenvalue weighted by Gasteiger charge is -2.15. The Morgan fingerprint density at radius 2 is 2.00 bits per heavy atom. The van der Waals surface area contributed by atoms with E-state index in [4.69, 9.17) is 14.7 Å². The zero-order chi connectivity index (χ0) is 23.8. The number of ether oxygens (including phenoxy) is 1. The molecular formula is C23H33N5O3S2. The predicted molar refractivity (Wildman–Crippen MR) is 131 cm³/mol. The number of hydrogen-bond donors (Lipinski definition) is 0. The summed E-state index contributed by atoms with van der Waals surface area (Å²) in [7, 11) is -0.422. The Labute approximate surface area is 200 Å². The van der Waals surface area contributed by atoms with Crippen LogP contribution in [0.5, 0.6) is 0 Å². The lowest BCUT2D eigenvalue weighted by atomic mass is 10.2. The first-order valence-corrected chi connectivity index (χ1v) is 13.8. The zero-order valence-electron chi connectivity index (χ0n) is 20.0. The molecule has 0 N–H and O–H groups in total. The molecule has 1 aliphatic heterocycles. The summed E-state index contributed by atoms with van der Waals surface area (Å²) in [6, 6.07) is 5.22. The Balaban J connectivity index is 1.63. The molecule has 0 radical (unpaired) electrons. The quantitative estimate of drug-likeness (QED) is 0.421. The summed E-state index contributed by atoms with van der Waals surface area (Å²) in [5.41, 5.74) is 3.88. The number of hydrogen-bond acceptors (Lipinski definition) is 6. The SMILES string of the molecule is CCCn1c(CSc2nc(C)c(C)n2C[C@@H]2CCCO2)nc2cc(S(=O)(=O)N(C)C)ccc21. The van der Waals surface area contributed by atoms with Gasteiger partial charge in [0.05, 0.1) is 40.0 Å². The molecule has 3 heterocycles. The highest BCUT2D eigenvalue weighted by atomic mass is 32.2. The van der Waals surface area contributed by atoms with Crippen LogP contribution >= 0.6 is 11.8 Å². The summed E-state index contributed by atoms with van der Waals surface area (Å²) < 4.78 is 36.7. The van der Waals surface area contributed by atoms with Crippen LogP contribution in [0.2, 0.25) is 0 Å². The topological polar surface area (TPSA) is 82.2 Å². The Morgan fingerprint density at radius 3 is 2.67 bits per heavy atom. The van der Waals surface area contributed by atoms with Crippen molar-refractivity contribution in [2.45, 2.75) is 75.0 Å². The number of aromatic nitrogens is 4. The molecule has 180 valence electrons. The van der Waals surface area contributed by atoms with Crippen LogP contribution in [-0.4, -0.2) is 58.6 Å². The van der Waals surface area contributed by atoms with E-state index in [-0.39, 0.29) is 11.0 Å². The molecule has 2 aromatic heterocycles. The van der Waals surface area contributed by atoms with Gasteiger partial charge < -0.3 is 13.9 Å². The molecule has 0 saturated carbocycles. The minimum Gasteiger partial charge on any atom is -0.376 e. The molecule has 0 spiro atoms. The fraction of sp³-hybridized carbons (Fsp3) is 0.565. The lowest BCUT2D eigenvalue weighted by molar-refractivity contribution is 0.0945. The molecule has 0 amide bonds. The Morgan fingerprint density at radius 1 is 1.21 bits per heavy atom. The van der Waals surface area contributed by atoms with Crippen molar-refractivity contribution in [1.29, 1.82) is 0 Å². The lowest BCUT2D eigenvalue weighted by Crippen LogP contribution is -2.22. The number of nitrogens with zero attached hydrogens (tertiary/aromatic N) is 5. The molecule has 1 atom stereocenters. The van der Waals surface area contributed by atoms with Crippen molar-refractivity contribution in [3.63, 3.8) is 0 Å². The van der Waals surface area contributed by atoms with Crippen LogP contribution < -0.4 is 0 Å². The van der Waals surface area contributed by atoms with Crippen LogP contribution in [0, 0.1) is 13.8 Å². The molecule has 1 aliphatic rings. The van der Waals surface area contributed by atoms with Crippen molar-refractivity contribution >= 4 is 32.8 Å². The first kappa shape index (κ1) is 24.3. The molecule has 0 unspecified atom stereocenters. The maximum Gasteiger partial charge on any atom is 0.242 e. The third-order valence-electron chi connectivity index (χ3n) is 6.19. The predicted octanol–water partition coefficient (Wildman–Crippen LogP) is 3.98. The minimum atomic E-state index is -3.51. The first-order chi connectivity index (χ1) is 15.7. The number of thioether (sulfide) groups is 1. The minimum absolute atomic E-state index is 0.249. The normalized spacial score (nSPS) is 17.0. The second kappa shape index (κ2) is 9.77. The van der Waals surface area contributed by atoms with E-state index < -0.39 is 10.0 Å². The van der Waals surface area contributed by atoms with Crippen LogP contribution in [0.15, 0.2) is 28.3 Å². The summed E-state index contributed by atoms with van der Waals surface area (Å²) >= 11 is 1.67. The number of rotatable bonds is 9. The Hall–Kier alpha value is -1.88. The van der Waals surface area contributed by atoms with Crippen molar-refractivity contribution < 1.29 is 13.2 Å². The summed E-state index contributed by atoms with van der Waals surface area (Å²) in [5, 5.41) is 0.978. The highest BCUT2D eigenvalue weighted by Gasteiger charge is 2.22. The van der Waals surface area contributed by atoms with Crippen molar-refractivity contribution in [3.05, 3.63) is 35.4 Å². The molecular weight excluding hydrogens is 458 g/mol. The van der Waals surface area contributed by atoms with Gasteiger partial charge in [0.1, 0.15) is 5.82 Å². The molecule has 0 aliphatic carbocycles. The molecule has 4 rings (SSSR count). The largest absolute Gasteiger partial charge is 0.376 e. The molecule has 1 aromatic carbocycles. The van der Waals surface area contributed by atoms with Gasteiger partial charge in [0.15, 0.2) is 5.16 Å². The van der Waals surface area contributed by atoms with E-state index in [1.807, 2.05) is 13.0 Å². The number of benzene rings is 1. The highest BCUT2D eigenvalue weighted by Crippen LogP contribution is 2.29. The summed E-state index contributed by atoms with van der Waals surface area (Å²) in [6.45, 7) is 8.78. The average Bonchev–Trinajstić information content (AvgIpc) is 3.48. The molecule has 3 aromatic rings. The van der Waals surface area contributed by atoms with E-state index in [1.54, 1.807) is 38.0 Å². The average molecular weight is 492 g/mol. The van der Waals surface area contributed by atoms with Crippen LogP contribution in [0.4, 0.5) is 0 Å². The van der Waals surface area contributed by atoms with Gasteiger partial charge in [0, 0.05) is 32.9 Å². The van der Waals surface area contributed by atoms with E-state index >= 15 is 0 Å². The Bertz CT molecular complexity index is 1240. The van der Waals surface area contributed by atoms with Gasteiger partial charge in [-0.15, -0.1) is 0 Å². The van der Waals surface area contributed by atoms with Crippen LogP contribution in [0.3, 0.4) is 0 Å². The molecule has 1 fully saturated rings. The molecule has 8 nitrogen and oxygen atoms in total. The highest BCUT2D eigenvalue weighted by molar-refractivity contribution is 7.98. The zero-order valence-corrected chi connectivity index (χ0v) is 21.7. The van der Waals surface area contributed by atoms with Gasteiger partial charge in [-0.25, -0.2) is 22.7 Å². The third kappa shape index (κ3) is 4.84. The van der Waals surface area contributed by atoms with E-state index in [0.717, 1.165) is 61.2 Å². The van der Waals surface area contributed by atoms with Gasteiger partial charge in [0.2, 0.25) is 10.0 Å². The van der Waals surface area contributed by atoms with Gasteiger partial charge >= 0.3 is 0 Å². The second-order valence-corrected chi connectivity index (χ2v) is 11.8. The van der Waals surface area contributed by atoms with E-state index in [9.17, 15) is 8.42 Å². The summed E-state index contributed by atoms with van der Waals surface area (Å²) in [4.78, 5) is 9.91. The van der Waals surface area contributed by atoms with Crippen molar-refractivity contribution in [2.75, 3.05) is 20.7 Å². The monoisotopic (exact) mass is 491 g/mol. The summed E-state index contributed by atoms with van der Waals surface area (Å²) in [5.74, 6) is 1.59. The van der Waals surface area contributed by atoms with Crippen LogP contribution in [0.25, 0.3) is 11.0 Å². The smallest absolute Gasteiger partial charge is 0.242 e. The first-order valence-electron chi connectivity index (χ1n) is 11.4. The fourth-order valence-electron chi connectivity index (χ4n) is 4.18. The van der Waals surface area contributed by atoms with Gasteiger partial charge in [-0.05, 0) is 51.3 Å². The number of aryl methyl sites for hydroxylation is 2. The number of imidazole rings is 2. The number of sulfonamides is 1. The molecule has 33 heavy (non-hydrogen) atoms. The standard InChI is InChI=1S/C23H33N5O3S2/c1-6-11-27-21-10-9-19(33(29,30)26(4)5)13-20(21)25-22(27)15-32-23-24-16(2)17(3)28(23)14-18-8-7-12-31-18/h9-10,13,18H,6-8,11-12,14-15H2,1-5H3/t18-/m0/s1. The maximum absolute atomic E-state index is 12.6. The van der Waals surface area contributed by atoms with E-state index in [1.165, 1.54) is 10.00 Å². The van der Waals surface area contributed by atoms with E-state index in [0.29, 0.717) is 11.3 Å². The Kier molecular flexibility index (Phi) is 7.18. The van der Waals surface area contributed by atoms with E-state index in [2.05, 4.69) is 23.0 Å². The number of fused-ring (bicyclic) bond motifs is 1. The van der Waals surface area contributed by atoms with Gasteiger partial charge in [-0.3, -0.25) is 0 Å². The summed E-state index contributed by atoms with van der Waals surface area (Å²) in [6.07, 6.45) is 3.42. The maximum atomic E-state index is 12.6.